The van der Waals surface area contributed by atoms with E-state index in [1.807, 2.05) is 12.1 Å². The fourth-order valence-corrected chi connectivity index (χ4v) is 1.40. The lowest BCUT2D eigenvalue weighted by molar-refractivity contribution is 1.33. The van der Waals surface area contributed by atoms with Gasteiger partial charge in [0.15, 0.2) is 0 Å². The minimum atomic E-state index is 0.600. The first-order chi connectivity index (χ1) is 7.31. The summed E-state index contributed by atoms with van der Waals surface area (Å²) in [5.41, 5.74) is 8.87. The summed E-state index contributed by atoms with van der Waals surface area (Å²) in [6.07, 6.45) is 3.43. The molecule has 0 amide bonds. The van der Waals surface area contributed by atoms with E-state index in [1.54, 1.807) is 30.6 Å². The van der Waals surface area contributed by atoms with Gasteiger partial charge in [-0.15, -0.1) is 0 Å². The monoisotopic (exact) mass is 195 g/mol. The topological polar surface area (TPSA) is 62.7 Å². The SMILES string of the molecule is N#Cc1ccc(N)c(-c2cccnc2)c1. The molecule has 15 heavy (non-hydrogen) atoms. The number of nitrogens with two attached hydrogens (primary N) is 1. The van der Waals surface area contributed by atoms with Crippen molar-refractivity contribution < 1.29 is 0 Å². The van der Waals surface area contributed by atoms with E-state index in [4.69, 9.17) is 11.0 Å². The number of anilines is 1. The number of rotatable bonds is 1. The molecule has 0 radical (unpaired) electrons. The van der Waals surface area contributed by atoms with Gasteiger partial charge in [0.05, 0.1) is 11.6 Å². The van der Waals surface area contributed by atoms with Gasteiger partial charge in [-0.3, -0.25) is 4.98 Å². The van der Waals surface area contributed by atoms with Gasteiger partial charge in [0.25, 0.3) is 0 Å². The van der Waals surface area contributed by atoms with Crippen LogP contribution in [0.25, 0.3) is 11.1 Å². The smallest absolute Gasteiger partial charge is 0.0991 e. The van der Waals surface area contributed by atoms with Gasteiger partial charge in [0, 0.05) is 29.2 Å². The molecule has 2 N–H and O–H groups in total. The lowest BCUT2D eigenvalue weighted by Gasteiger charge is -2.05. The zero-order chi connectivity index (χ0) is 10.7. The Hall–Kier alpha value is -2.34. The second-order valence-electron chi connectivity index (χ2n) is 3.16. The second kappa shape index (κ2) is 3.81. The average molecular weight is 195 g/mol. The molecule has 0 unspecified atom stereocenters. The number of nitrogen functional groups attached to an aromatic ring is 1. The van der Waals surface area contributed by atoms with Crippen LogP contribution in [-0.4, -0.2) is 4.98 Å². The minimum Gasteiger partial charge on any atom is -0.398 e. The first-order valence-electron chi connectivity index (χ1n) is 4.51. The van der Waals surface area contributed by atoms with Crippen molar-refractivity contribution in [3.63, 3.8) is 0 Å². The van der Waals surface area contributed by atoms with E-state index in [-0.39, 0.29) is 0 Å². The fourth-order valence-electron chi connectivity index (χ4n) is 1.40. The third-order valence-electron chi connectivity index (χ3n) is 2.15. The summed E-state index contributed by atoms with van der Waals surface area (Å²) in [4.78, 5) is 4.02. The Balaban J connectivity index is 2.58. The van der Waals surface area contributed by atoms with Gasteiger partial charge in [-0.05, 0) is 24.3 Å². The largest absolute Gasteiger partial charge is 0.398 e. The lowest BCUT2D eigenvalue weighted by atomic mass is 10.0. The summed E-state index contributed by atoms with van der Waals surface area (Å²) in [5.74, 6) is 0. The Labute approximate surface area is 87.8 Å². The van der Waals surface area contributed by atoms with Crippen LogP contribution in [0.3, 0.4) is 0 Å². The van der Waals surface area contributed by atoms with E-state index in [1.165, 1.54) is 0 Å². The van der Waals surface area contributed by atoms with Gasteiger partial charge >= 0.3 is 0 Å². The van der Waals surface area contributed by atoms with Gasteiger partial charge in [0.2, 0.25) is 0 Å². The van der Waals surface area contributed by atoms with Gasteiger partial charge in [-0.1, -0.05) is 6.07 Å². The third kappa shape index (κ3) is 1.79. The first-order valence-corrected chi connectivity index (χ1v) is 4.51. The normalized spacial score (nSPS) is 9.53. The Morgan fingerprint density at radius 2 is 2.13 bits per heavy atom. The molecule has 0 bridgehead atoms. The maximum absolute atomic E-state index is 8.79. The molecule has 1 aromatic heterocycles. The first kappa shape index (κ1) is 9.22. The molecule has 1 heterocycles. The molecule has 0 aliphatic heterocycles. The summed E-state index contributed by atoms with van der Waals surface area (Å²) in [7, 11) is 0. The molecule has 3 heteroatoms. The van der Waals surface area contributed by atoms with Crippen molar-refractivity contribution in [3.8, 4) is 17.2 Å². The van der Waals surface area contributed by atoms with Crippen LogP contribution in [0.5, 0.6) is 0 Å². The summed E-state index contributed by atoms with van der Waals surface area (Å²) >= 11 is 0. The van der Waals surface area contributed by atoms with Gasteiger partial charge in [-0.25, -0.2) is 0 Å². The van der Waals surface area contributed by atoms with E-state index in [0.29, 0.717) is 11.3 Å². The van der Waals surface area contributed by atoms with Crippen molar-refractivity contribution in [1.29, 1.82) is 5.26 Å². The number of hydrogen-bond acceptors (Lipinski definition) is 3. The standard InChI is InChI=1S/C12H9N3/c13-7-9-3-4-12(14)11(6-9)10-2-1-5-15-8-10/h1-6,8H,14H2. The van der Waals surface area contributed by atoms with E-state index >= 15 is 0 Å². The van der Waals surface area contributed by atoms with E-state index in [0.717, 1.165) is 11.1 Å². The highest BCUT2D eigenvalue weighted by atomic mass is 14.6. The Morgan fingerprint density at radius 3 is 2.80 bits per heavy atom. The summed E-state index contributed by atoms with van der Waals surface area (Å²) < 4.78 is 0. The average Bonchev–Trinajstić information content (AvgIpc) is 2.31. The van der Waals surface area contributed by atoms with Crippen molar-refractivity contribution >= 4 is 5.69 Å². The van der Waals surface area contributed by atoms with Crippen molar-refractivity contribution in [1.82, 2.24) is 4.98 Å². The molecule has 0 saturated carbocycles. The molecular formula is C12H9N3. The van der Waals surface area contributed by atoms with Crippen LogP contribution in [0.4, 0.5) is 5.69 Å². The van der Waals surface area contributed by atoms with Gasteiger partial charge in [-0.2, -0.15) is 5.26 Å². The van der Waals surface area contributed by atoms with E-state index < -0.39 is 0 Å². The molecule has 72 valence electrons. The van der Waals surface area contributed by atoms with Crippen LogP contribution in [0, 0.1) is 11.3 Å². The molecule has 2 rings (SSSR count). The van der Waals surface area contributed by atoms with Crippen LogP contribution in [-0.2, 0) is 0 Å². The maximum atomic E-state index is 8.79. The molecule has 0 spiro atoms. The van der Waals surface area contributed by atoms with Gasteiger partial charge in [0.1, 0.15) is 0 Å². The summed E-state index contributed by atoms with van der Waals surface area (Å²) in [6.45, 7) is 0. The number of benzene rings is 1. The highest BCUT2D eigenvalue weighted by Crippen LogP contribution is 2.25. The van der Waals surface area contributed by atoms with Crippen LogP contribution in [0.15, 0.2) is 42.7 Å². The number of hydrogen-bond donors (Lipinski definition) is 1. The number of pyridine rings is 1. The fraction of sp³-hybridized carbons (Fsp3) is 0. The Bertz CT molecular complexity index is 512. The summed E-state index contributed by atoms with van der Waals surface area (Å²) in [6, 6.07) is 11.1. The molecule has 2 aromatic rings. The highest BCUT2D eigenvalue weighted by molar-refractivity contribution is 5.76. The molecule has 0 atom stereocenters. The molecule has 0 fully saturated rings. The third-order valence-corrected chi connectivity index (χ3v) is 2.15. The zero-order valence-electron chi connectivity index (χ0n) is 8.01. The molecule has 1 aromatic carbocycles. The molecule has 3 nitrogen and oxygen atoms in total. The van der Waals surface area contributed by atoms with Crippen molar-refractivity contribution in [2.45, 2.75) is 0 Å². The highest BCUT2D eigenvalue weighted by Gasteiger charge is 2.03. The van der Waals surface area contributed by atoms with Crippen LogP contribution in [0.2, 0.25) is 0 Å². The summed E-state index contributed by atoms with van der Waals surface area (Å²) in [5, 5.41) is 8.79. The molecule has 0 aliphatic rings. The van der Waals surface area contributed by atoms with Crippen LogP contribution < -0.4 is 5.73 Å². The molecule has 0 aliphatic carbocycles. The zero-order valence-corrected chi connectivity index (χ0v) is 8.01. The lowest BCUT2D eigenvalue weighted by Crippen LogP contribution is -1.91. The van der Waals surface area contributed by atoms with Crippen LogP contribution >= 0.6 is 0 Å². The quantitative estimate of drug-likeness (QED) is 0.709. The Morgan fingerprint density at radius 1 is 1.27 bits per heavy atom. The van der Waals surface area contributed by atoms with E-state index in [9.17, 15) is 0 Å². The maximum Gasteiger partial charge on any atom is 0.0991 e. The van der Waals surface area contributed by atoms with Crippen molar-refractivity contribution in [2.24, 2.45) is 0 Å². The number of nitriles is 1. The predicted octanol–water partition coefficient (Wildman–Crippen LogP) is 2.20. The second-order valence-corrected chi connectivity index (χ2v) is 3.16. The minimum absolute atomic E-state index is 0.600. The Kier molecular flexibility index (Phi) is 2.34. The van der Waals surface area contributed by atoms with Crippen molar-refractivity contribution in [3.05, 3.63) is 48.3 Å². The van der Waals surface area contributed by atoms with Gasteiger partial charge < -0.3 is 5.73 Å². The van der Waals surface area contributed by atoms with E-state index in [2.05, 4.69) is 11.1 Å². The van der Waals surface area contributed by atoms with Crippen LogP contribution in [0.1, 0.15) is 5.56 Å². The predicted molar refractivity (Wildman–Crippen MR) is 58.8 cm³/mol. The van der Waals surface area contributed by atoms with Crippen molar-refractivity contribution in [2.75, 3.05) is 5.73 Å². The number of nitrogens with zero attached hydrogens (tertiary/aromatic N) is 2. The molecular weight excluding hydrogens is 186 g/mol. The molecule has 0 saturated heterocycles. The number of aromatic nitrogens is 1.